The predicted octanol–water partition coefficient (Wildman–Crippen LogP) is 3.23. The molecule has 0 amide bonds. The Morgan fingerprint density at radius 1 is 1.37 bits per heavy atom. The molecular formula is C14H22N4S. The number of nitrogens with two attached hydrogens (primary N) is 1. The third-order valence-corrected chi connectivity index (χ3v) is 4.79. The van der Waals surface area contributed by atoms with E-state index in [1.54, 1.807) is 11.3 Å². The standard InChI is InChI=1S/C14H22N4S/c1-6-14(5,15)13-16-11(8-19-13)12-9(3)17-18(7-2)10(12)4/h8H,6-7,15H2,1-5H3. The van der Waals surface area contributed by atoms with Crippen LogP contribution in [0, 0.1) is 13.8 Å². The Bertz CT molecular complexity index is 580. The molecule has 2 rings (SSSR count). The molecule has 104 valence electrons. The van der Waals surface area contributed by atoms with Gasteiger partial charge in [-0.1, -0.05) is 6.92 Å². The number of aromatic nitrogens is 3. The first-order chi connectivity index (χ1) is 8.90. The Morgan fingerprint density at radius 2 is 2.05 bits per heavy atom. The average molecular weight is 278 g/mol. The average Bonchev–Trinajstić information content (AvgIpc) is 2.94. The second kappa shape index (κ2) is 5.06. The molecule has 1 atom stereocenters. The van der Waals surface area contributed by atoms with E-state index in [0.717, 1.165) is 34.9 Å². The highest BCUT2D eigenvalue weighted by atomic mass is 32.1. The number of aryl methyl sites for hydroxylation is 2. The molecular weight excluding hydrogens is 256 g/mol. The summed E-state index contributed by atoms with van der Waals surface area (Å²) in [6, 6.07) is 0. The van der Waals surface area contributed by atoms with Gasteiger partial charge in [-0.25, -0.2) is 4.98 Å². The van der Waals surface area contributed by atoms with Gasteiger partial charge in [-0.3, -0.25) is 4.68 Å². The quantitative estimate of drug-likeness (QED) is 0.934. The predicted molar refractivity (Wildman–Crippen MR) is 80.3 cm³/mol. The van der Waals surface area contributed by atoms with Crippen LogP contribution in [0.5, 0.6) is 0 Å². The topological polar surface area (TPSA) is 56.7 Å². The van der Waals surface area contributed by atoms with Crippen LogP contribution in [0.4, 0.5) is 0 Å². The minimum atomic E-state index is -0.342. The molecule has 0 saturated heterocycles. The second-order valence-corrected chi connectivity index (χ2v) is 6.03. The van der Waals surface area contributed by atoms with E-state index in [1.807, 2.05) is 18.5 Å². The molecule has 19 heavy (non-hydrogen) atoms. The molecule has 2 aromatic rings. The highest BCUT2D eigenvalue weighted by Crippen LogP contribution is 2.32. The lowest BCUT2D eigenvalue weighted by Crippen LogP contribution is -2.31. The van der Waals surface area contributed by atoms with Crippen molar-refractivity contribution in [3.8, 4) is 11.3 Å². The third-order valence-electron chi connectivity index (χ3n) is 3.66. The first-order valence-corrected chi connectivity index (χ1v) is 7.58. The zero-order chi connectivity index (χ0) is 14.2. The van der Waals surface area contributed by atoms with Gasteiger partial charge in [0.2, 0.25) is 0 Å². The zero-order valence-electron chi connectivity index (χ0n) is 12.3. The molecule has 0 aromatic carbocycles. The zero-order valence-corrected chi connectivity index (χ0v) is 13.1. The number of hydrogen-bond donors (Lipinski definition) is 1. The fourth-order valence-corrected chi connectivity index (χ4v) is 3.14. The molecule has 4 nitrogen and oxygen atoms in total. The summed E-state index contributed by atoms with van der Waals surface area (Å²) in [7, 11) is 0. The van der Waals surface area contributed by atoms with Crippen LogP contribution in [-0.4, -0.2) is 14.8 Å². The van der Waals surface area contributed by atoms with Crippen LogP contribution in [0.15, 0.2) is 5.38 Å². The lowest BCUT2D eigenvalue weighted by atomic mass is 10.0. The van der Waals surface area contributed by atoms with Crippen LogP contribution in [0.25, 0.3) is 11.3 Å². The highest BCUT2D eigenvalue weighted by Gasteiger charge is 2.24. The molecule has 5 heteroatoms. The van der Waals surface area contributed by atoms with Gasteiger partial charge in [0.25, 0.3) is 0 Å². The van der Waals surface area contributed by atoms with Crippen molar-refractivity contribution in [2.45, 2.75) is 53.1 Å². The Labute approximate surface area is 118 Å². The molecule has 0 radical (unpaired) electrons. The number of hydrogen-bond acceptors (Lipinski definition) is 4. The maximum atomic E-state index is 6.26. The summed E-state index contributed by atoms with van der Waals surface area (Å²) in [6.45, 7) is 11.2. The van der Waals surface area contributed by atoms with E-state index in [2.05, 4.69) is 31.2 Å². The molecule has 0 aliphatic rings. The van der Waals surface area contributed by atoms with Gasteiger partial charge >= 0.3 is 0 Å². The Hall–Kier alpha value is -1.20. The van der Waals surface area contributed by atoms with Crippen LogP contribution in [-0.2, 0) is 12.1 Å². The summed E-state index contributed by atoms with van der Waals surface area (Å²) in [5.41, 5.74) is 10.3. The second-order valence-electron chi connectivity index (χ2n) is 5.17. The van der Waals surface area contributed by atoms with Crippen molar-refractivity contribution in [3.63, 3.8) is 0 Å². The summed E-state index contributed by atoms with van der Waals surface area (Å²) in [5, 5.41) is 7.63. The molecule has 2 heterocycles. The van der Waals surface area contributed by atoms with E-state index in [4.69, 9.17) is 10.7 Å². The Balaban J connectivity index is 2.47. The molecule has 0 aliphatic heterocycles. The van der Waals surface area contributed by atoms with E-state index in [0.29, 0.717) is 0 Å². The minimum Gasteiger partial charge on any atom is -0.320 e. The van der Waals surface area contributed by atoms with Crippen LogP contribution < -0.4 is 5.73 Å². The summed E-state index contributed by atoms with van der Waals surface area (Å²) in [4.78, 5) is 4.73. The van der Waals surface area contributed by atoms with Crippen molar-refractivity contribution < 1.29 is 0 Å². The van der Waals surface area contributed by atoms with Gasteiger partial charge in [0.1, 0.15) is 5.01 Å². The SMILES string of the molecule is CCn1nc(C)c(-c2csc(C(C)(N)CC)n2)c1C. The minimum absolute atomic E-state index is 0.342. The van der Waals surface area contributed by atoms with Crippen LogP contribution >= 0.6 is 11.3 Å². The molecule has 0 spiro atoms. The van der Waals surface area contributed by atoms with Gasteiger partial charge in [0, 0.05) is 23.2 Å². The van der Waals surface area contributed by atoms with Gasteiger partial charge in [-0.2, -0.15) is 5.10 Å². The lowest BCUT2D eigenvalue weighted by Gasteiger charge is -2.18. The van der Waals surface area contributed by atoms with Crippen molar-refractivity contribution >= 4 is 11.3 Å². The van der Waals surface area contributed by atoms with Crippen molar-refractivity contribution in [1.82, 2.24) is 14.8 Å². The normalized spacial score (nSPS) is 14.6. The van der Waals surface area contributed by atoms with Crippen LogP contribution in [0.1, 0.15) is 43.6 Å². The monoisotopic (exact) mass is 278 g/mol. The van der Waals surface area contributed by atoms with Gasteiger partial charge in [-0.15, -0.1) is 11.3 Å². The van der Waals surface area contributed by atoms with Gasteiger partial charge in [0.05, 0.1) is 16.9 Å². The largest absolute Gasteiger partial charge is 0.320 e. The molecule has 1 unspecified atom stereocenters. The number of thiazole rings is 1. The van der Waals surface area contributed by atoms with E-state index >= 15 is 0 Å². The Kier molecular flexibility index (Phi) is 3.78. The summed E-state index contributed by atoms with van der Waals surface area (Å²) >= 11 is 1.64. The first-order valence-electron chi connectivity index (χ1n) is 6.70. The van der Waals surface area contributed by atoms with E-state index in [1.165, 1.54) is 5.69 Å². The van der Waals surface area contributed by atoms with E-state index in [9.17, 15) is 0 Å². The maximum absolute atomic E-state index is 6.26. The van der Waals surface area contributed by atoms with Crippen molar-refractivity contribution in [1.29, 1.82) is 0 Å². The molecule has 0 saturated carbocycles. The molecule has 0 fully saturated rings. The van der Waals surface area contributed by atoms with E-state index in [-0.39, 0.29) is 5.54 Å². The highest BCUT2D eigenvalue weighted by molar-refractivity contribution is 7.10. The molecule has 0 aliphatic carbocycles. The summed E-state index contributed by atoms with van der Waals surface area (Å²) < 4.78 is 2.02. The van der Waals surface area contributed by atoms with Crippen molar-refractivity contribution in [2.75, 3.05) is 0 Å². The maximum Gasteiger partial charge on any atom is 0.113 e. The number of rotatable bonds is 4. The molecule has 2 aromatic heterocycles. The fourth-order valence-electron chi connectivity index (χ4n) is 2.18. The molecule has 2 N–H and O–H groups in total. The van der Waals surface area contributed by atoms with Crippen molar-refractivity contribution in [2.24, 2.45) is 5.73 Å². The van der Waals surface area contributed by atoms with Crippen molar-refractivity contribution in [3.05, 3.63) is 21.8 Å². The van der Waals surface area contributed by atoms with Crippen LogP contribution in [0.2, 0.25) is 0 Å². The summed E-state index contributed by atoms with van der Waals surface area (Å²) in [5.74, 6) is 0. The van der Waals surface area contributed by atoms with Gasteiger partial charge in [0.15, 0.2) is 0 Å². The van der Waals surface area contributed by atoms with Gasteiger partial charge in [-0.05, 0) is 34.1 Å². The number of nitrogens with zero attached hydrogens (tertiary/aromatic N) is 3. The lowest BCUT2D eigenvalue weighted by molar-refractivity contribution is 0.474. The van der Waals surface area contributed by atoms with Gasteiger partial charge < -0.3 is 5.73 Å². The summed E-state index contributed by atoms with van der Waals surface area (Å²) in [6.07, 6.45) is 0.881. The molecule has 0 bridgehead atoms. The smallest absolute Gasteiger partial charge is 0.113 e. The Morgan fingerprint density at radius 3 is 2.58 bits per heavy atom. The third kappa shape index (κ3) is 2.44. The van der Waals surface area contributed by atoms with Crippen LogP contribution in [0.3, 0.4) is 0 Å². The first kappa shape index (κ1) is 14.2. The fraction of sp³-hybridized carbons (Fsp3) is 0.571. The van der Waals surface area contributed by atoms with E-state index < -0.39 is 0 Å².